The van der Waals surface area contributed by atoms with Crippen molar-refractivity contribution in [3.05, 3.63) is 64.3 Å². The number of pyridine rings is 2. The first-order valence-corrected chi connectivity index (χ1v) is 14.6. The van der Waals surface area contributed by atoms with Gasteiger partial charge in [0.1, 0.15) is 11.6 Å². The minimum atomic E-state index is -0.643. The average molecular weight is 583 g/mol. The van der Waals surface area contributed by atoms with Gasteiger partial charge in [0.05, 0.1) is 17.8 Å². The van der Waals surface area contributed by atoms with Crippen LogP contribution in [0.5, 0.6) is 11.6 Å². The molecule has 3 atom stereocenters. The molecule has 8 nitrogen and oxygen atoms in total. The zero-order valence-corrected chi connectivity index (χ0v) is 24.0. The lowest BCUT2D eigenvalue weighted by Crippen LogP contribution is -2.44. The number of likely N-dealkylation sites (N-methyl/N-ethyl adjacent to an activating group) is 1. The van der Waals surface area contributed by atoms with Gasteiger partial charge >= 0.3 is 5.97 Å². The fourth-order valence-corrected chi connectivity index (χ4v) is 6.64. The topological polar surface area (TPSA) is 82.0 Å². The van der Waals surface area contributed by atoms with E-state index in [1.54, 1.807) is 12.3 Å². The molecule has 0 radical (unpaired) electrons. The van der Waals surface area contributed by atoms with Gasteiger partial charge in [0.2, 0.25) is 5.88 Å². The number of hydrogen-bond donors (Lipinski definition) is 1. The van der Waals surface area contributed by atoms with Gasteiger partial charge in [0.25, 0.3) is 0 Å². The molecule has 1 aromatic carbocycles. The maximum absolute atomic E-state index is 11.5. The first kappa shape index (κ1) is 27.3. The SMILES string of the molecule is CN1CCN(c2ccc(Oc3cc(CN4CCC5C(C(=O)O)[C@@H]5CC4)cc(-c4cc(Cl)cc(Cl)c4)n3)cn2)CC1. The maximum atomic E-state index is 11.5. The van der Waals surface area contributed by atoms with Gasteiger partial charge in [-0.05, 0) is 86.8 Å². The third-order valence-electron chi connectivity index (χ3n) is 8.37. The van der Waals surface area contributed by atoms with Crippen molar-refractivity contribution in [1.82, 2.24) is 19.8 Å². The molecule has 2 saturated heterocycles. The number of ether oxygens (including phenoxy) is 1. The minimum absolute atomic E-state index is 0.154. The molecule has 1 saturated carbocycles. The molecule has 1 aliphatic carbocycles. The predicted molar refractivity (Wildman–Crippen MR) is 156 cm³/mol. The smallest absolute Gasteiger partial charge is 0.307 e. The predicted octanol–water partition coefficient (Wildman–Crippen LogP) is 5.54. The van der Waals surface area contributed by atoms with E-state index >= 15 is 0 Å². The molecule has 2 aliphatic heterocycles. The minimum Gasteiger partial charge on any atom is -0.481 e. The number of halogens is 2. The molecule has 3 aromatic rings. The van der Waals surface area contributed by atoms with Crippen molar-refractivity contribution in [3.63, 3.8) is 0 Å². The van der Waals surface area contributed by atoms with E-state index in [1.165, 1.54) is 0 Å². The first-order chi connectivity index (χ1) is 19.3. The van der Waals surface area contributed by atoms with Crippen LogP contribution in [0.15, 0.2) is 48.7 Å². The van der Waals surface area contributed by atoms with E-state index in [2.05, 4.69) is 32.8 Å². The Morgan fingerprint density at radius 3 is 2.30 bits per heavy atom. The number of aromatic nitrogens is 2. The number of carboxylic acids is 1. The molecule has 1 N–H and O–H groups in total. The molecule has 10 heteroatoms. The van der Waals surface area contributed by atoms with Crippen molar-refractivity contribution >= 4 is 35.0 Å². The summed E-state index contributed by atoms with van der Waals surface area (Å²) in [5.41, 5.74) is 2.60. The summed E-state index contributed by atoms with van der Waals surface area (Å²) in [7, 11) is 2.14. The van der Waals surface area contributed by atoms with Crippen molar-refractivity contribution < 1.29 is 14.6 Å². The van der Waals surface area contributed by atoms with Crippen LogP contribution in [0, 0.1) is 17.8 Å². The number of fused-ring (bicyclic) bond motifs is 1. The number of hydrogen-bond acceptors (Lipinski definition) is 7. The van der Waals surface area contributed by atoms with E-state index in [1.807, 2.05) is 30.3 Å². The van der Waals surface area contributed by atoms with Crippen LogP contribution >= 0.6 is 23.2 Å². The summed E-state index contributed by atoms with van der Waals surface area (Å²) in [6.07, 6.45) is 3.58. The van der Waals surface area contributed by atoms with Crippen LogP contribution in [0.3, 0.4) is 0 Å². The van der Waals surface area contributed by atoms with Crippen LogP contribution < -0.4 is 9.64 Å². The number of rotatable bonds is 7. The number of nitrogens with zero attached hydrogens (tertiary/aromatic N) is 5. The number of carbonyl (C=O) groups is 1. The van der Waals surface area contributed by atoms with E-state index in [0.717, 1.165) is 81.3 Å². The Bertz CT molecular complexity index is 1350. The molecule has 3 fully saturated rings. The highest BCUT2D eigenvalue weighted by atomic mass is 35.5. The number of benzene rings is 1. The Morgan fingerprint density at radius 2 is 1.68 bits per heavy atom. The summed E-state index contributed by atoms with van der Waals surface area (Å²) in [6.45, 7) is 6.41. The number of aliphatic carboxylic acids is 1. The van der Waals surface area contributed by atoms with Gasteiger partial charge in [0, 0.05) is 54.4 Å². The standard InChI is InChI=1S/C30H33Cl2N5O3/c1-35-8-10-37(11-9-35)27-3-2-23(17-33-27)40-28-13-19(12-26(34-28)20-14-21(31)16-22(32)15-20)18-36-6-4-24-25(5-7-36)29(24)30(38)39/h2-3,12-17,24-25,29H,4-11,18H2,1H3,(H,38,39)/t24-,25?,29?/m1/s1. The third-order valence-corrected chi connectivity index (χ3v) is 8.81. The van der Waals surface area contributed by atoms with Gasteiger partial charge in [-0.25, -0.2) is 9.97 Å². The lowest BCUT2D eigenvalue weighted by Gasteiger charge is -2.33. The summed E-state index contributed by atoms with van der Waals surface area (Å²) in [5, 5.41) is 10.5. The number of anilines is 1. The fraction of sp³-hybridized carbons (Fsp3) is 0.433. The van der Waals surface area contributed by atoms with E-state index in [4.69, 9.17) is 32.9 Å². The van der Waals surface area contributed by atoms with Crippen molar-refractivity contribution in [2.45, 2.75) is 19.4 Å². The van der Waals surface area contributed by atoms with Crippen LogP contribution in [0.1, 0.15) is 18.4 Å². The largest absolute Gasteiger partial charge is 0.481 e. The maximum Gasteiger partial charge on any atom is 0.307 e. The summed E-state index contributed by atoms with van der Waals surface area (Å²) in [6, 6.07) is 13.3. The molecule has 0 amide bonds. The Morgan fingerprint density at radius 1 is 0.975 bits per heavy atom. The Kier molecular flexibility index (Phi) is 7.86. The Balaban J connectivity index is 1.21. The highest BCUT2D eigenvalue weighted by molar-refractivity contribution is 6.35. The molecule has 40 heavy (non-hydrogen) atoms. The second-order valence-electron chi connectivity index (χ2n) is 11.1. The van der Waals surface area contributed by atoms with Crippen molar-refractivity contribution in [1.29, 1.82) is 0 Å². The highest BCUT2D eigenvalue weighted by Gasteiger charge is 2.54. The van der Waals surface area contributed by atoms with Crippen molar-refractivity contribution in [2.24, 2.45) is 17.8 Å². The monoisotopic (exact) mass is 581 g/mol. The number of likely N-dealkylation sites (tertiary alicyclic amines) is 1. The van der Waals surface area contributed by atoms with Gasteiger partial charge < -0.3 is 19.6 Å². The molecule has 0 bridgehead atoms. The molecule has 6 rings (SSSR count). The molecule has 210 valence electrons. The molecule has 4 heterocycles. The van der Waals surface area contributed by atoms with Gasteiger partial charge in [0.15, 0.2) is 0 Å². The second-order valence-corrected chi connectivity index (χ2v) is 12.0. The van der Waals surface area contributed by atoms with Gasteiger partial charge in [-0.1, -0.05) is 23.2 Å². The molecule has 2 unspecified atom stereocenters. The first-order valence-electron chi connectivity index (χ1n) is 13.8. The summed E-state index contributed by atoms with van der Waals surface area (Å²) < 4.78 is 6.23. The molecule has 0 spiro atoms. The molecule has 2 aromatic heterocycles. The lowest BCUT2D eigenvalue weighted by atomic mass is 10.1. The fourth-order valence-electron chi connectivity index (χ4n) is 6.12. The quantitative estimate of drug-likeness (QED) is 0.389. The van der Waals surface area contributed by atoms with E-state index in [9.17, 15) is 9.90 Å². The normalized spacial score (nSPS) is 23.4. The van der Waals surface area contributed by atoms with Crippen molar-refractivity contribution in [3.8, 4) is 22.9 Å². The van der Waals surface area contributed by atoms with E-state index in [0.29, 0.717) is 33.5 Å². The average Bonchev–Trinajstić information content (AvgIpc) is 3.66. The van der Waals surface area contributed by atoms with E-state index in [-0.39, 0.29) is 5.92 Å². The van der Waals surface area contributed by atoms with Crippen molar-refractivity contribution in [2.75, 3.05) is 51.2 Å². The lowest BCUT2D eigenvalue weighted by molar-refractivity contribution is -0.139. The van der Waals surface area contributed by atoms with E-state index < -0.39 is 5.97 Å². The summed E-state index contributed by atoms with van der Waals surface area (Å²) in [5.74, 6) is 1.86. The van der Waals surface area contributed by atoms with Crippen LogP contribution in [0.4, 0.5) is 5.82 Å². The van der Waals surface area contributed by atoms with Gasteiger partial charge in [-0.3, -0.25) is 9.69 Å². The Hall–Kier alpha value is -2.91. The highest BCUT2D eigenvalue weighted by Crippen LogP contribution is 2.52. The number of piperazine rings is 1. The molecular weight excluding hydrogens is 549 g/mol. The van der Waals surface area contributed by atoms with Crippen LogP contribution in [0.25, 0.3) is 11.3 Å². The van der Waals surface area contributed by atoms with Gasteiger partial charge in [-0.15, -0.1) is 0 Å². The number of carboxylic acid groups (broad SMARTS) is 1. The summed E-state index contributed by atoms with van der Waals surface area (Å²) >= 11 is 12.6. The Labute approximate surface area is 244 Å². The molecular formula is C30H33Cl2N5O3. The summed E-state index contributed by atoms with van der Waals surface area (Å²) in [4.78, 5) is 27.9. The zero-order valence-electron chi connectivity index (χ0n) is 22.5. The zero-order chi connectivity index (χ0) is 27.8. The van der Waals surface area contributed by atoms with Crippen LogP contribution in [0.2, 0.25) is 10.0 Å². The van der Waals surface area contributed by atoms with Crippen LogP contribution in [-0.2, 0) is 11.3 Å². The third kappa shape index (κ3) is 6.20. The van der Waals surface area contributed by atoms with Gasteiger partial charge in [-0.2, -0.15) is 0 Å². The molecule has 3 aliphatic rings. The second kappa shape index (κ2) is 11.5. The van der Waals surface area contributed by atoms with Crippen LogP contribution in [-0.4, -0.2) is 77.2 Å².